The van der Waals surface area contributed by atoms with Crippen molar-refractivity contribution in [2.45, 2.75) is 33.4 Å². The summed E-state index contributed by atoms with van der Waals surface area (Å²) in [7, 11) is 1.95. The monoisotopic (exact) mass is 234 g/mol. The Labute approximate surface area is 101 Å². The van der Waals surface area contributed by atoms with E-state index in [1.54, 1.807) is 0 Å². The molecule has 0 bridgehead atoms. The van der Waals surface area contributed by atoms with Crippen LogP contribution in [-0.2, 0) is 13.6 Å². The van der Waals surface area contributed by atoms with Crippen molar-refractivity contribution in [2.24, 2.45) is 7.05 Å². The van der Waals surface area contributed by atoms with Crippen molar-refractivity contribution < 1.29 is 4.52 Å². The number of hydrogen-bond donors (Lipinski definition) is 1. The predicted octanol–water partition coefficient (Wildman–Crippen LogP) is 1.88. The maximum Gasteiger partial charge on any atom is 0.133 e. The fraction of sp³-hybridized carbons (Fsp3) is 0.500. The Morgan fingerprint density at radius 1 is 1.47 bits per heavy atom. The molecule has 0 saturated heterocycles. The maximum absolute atomic E-state index is 5.02. The zero-order valence-electron chi connectivity index (χ0n) is 10.7. The number of nitrogens with one attached hydrogen (secondary N) is 1. The van der Waals surface area contributed by atoms with E-state index in [1.165, 1.54) is 11.3 Å². The van der Waals surface area contributed by atoms with Gasteiger partial charge in [0.05, 0.1) is 11.9 Å². The Balaban J connectivity index is 1.98. The molecule has 5 nitrogen and oxygen atoms in total. The molecule has 0 spiro atoms. The van der Waals surface area contributed by atoms with E-state index in [2.05, 4.69) is 29.4 Å². The number of aryl methyl sites for hydroxylation is 2. The molecule has 0 unspecified atom stereocenters. The first-order valence-electron chi connectivity index (χ1n) is 5.72. The van der Waals surface area contributed by atoms with E-state index < -0.39 is 0 Å². The lowest BCUT2D eigenvalue weighted by molar-refractivity contribution is 0.386. The van der Waals surface area contributed by atoms with E-state index in [0.717, 1.165) is 11.5 Å². The maximum atomic E-state index is 5.02. The number of nitrogens with zero attached hydrogens (tertiary/aromatic N) is 3. The van der Waals surface area contributed by atoms with E-state index in [4.69, 9.17) is 4.52 Å². The van der Waals surface area contributed by atoms with Gasteiger partial charge in [-0.3, -0.25) is 4.68 Å². The van der Waals surface area contributed by atoms with Crippen molar-refractivity contribution in [3.63, 3.8) is 0 Å². The van der Waals surface area contributed by atoms with Gasteiger partial charge in [-0.2, -0.15) is 5.10 Å². The fourth-order valence-corrected chi connectivity index (χ4v) is 1.81. The fourth-order valence-electron chi connectivity index (χ4n) is 1.81. The van der Waals surface area contributed by atoms with Crippen molar-refractivity contribution in [3.8, 4) is 0 Å². The van der Waals surface area contributed by atoms with Crippen LogP contribution in [0.4, 0.5) is 0 Å². The predicted molar refractivity (Wildman–Crippen MR) is 64.4 cm³/mol. The molecule has 0 fully saturated rings. The largest absolute Gasteiger partial charge is 0.361 e. The average Bonchev–Trinajstić information content (AvgIpc) is 2.84. The van der Waals surface area contributed by atoms with Gasteiger partial charge in [0.1, 0.15) is 5.76 Å². The Bertz CT molecular complexity index is 500. The van der Waals surface area contributed by atoms with Crippen LogP contribution in [0.2, 0.25) is 0 Å². The lowest BCUT2D eigenvalue weighted by atomic mass is 10.1. The average molecular weight is 234 g/mol. The molecule has 2 heterocycles. The summed E-state index contributed by atoms with van der Waals surface area (Å²) in [5.74, 6) is 0.840. The van der Waals surface area contributed by atoms with Gasteiger partial charge in [0.25, 0.3) is 0 Å². The van der Waals surface area contributed by atoms with Gasteiger partial charge in [-0.05, 0) is 20.8 Å². The molecule has 0 aromatic carbocycles. The SMILES string of the molecule is Cc1cc(CN[C@@H](C)c2cnn(C)c2C)no1. The molecule has 0 aliphatic heterocycles. The van der Waals surface area contributed by atoms with Gasteiger partial charge in [-0.25, -0.2) is 0 Å². The van der Waals surface area contributed by atoms with Crippen LogP contribution in [0.25, 0.3) is 0 Å². The summed E-state index contributed by atoms with van der Waals surface area (Å²) in [5, 5.41) is 11.6. The molecular weight excluding hydrogens is 216 g/mol. The van der Waals surface area contributed by atoms with E-state index in [9.17, 15) is 0 Å². The molecule has 2 rings (SSSR count). The van der Waals surface area contributed by atoms with Crippen molar-refractivity contribution in [2.75, 3.05) is 0 Å². The van der Waals surface area contributed by atoms with Gasteiger partial charge in [0, 0.05) is 37.0 Å². The third-order valence-corrected chi connectivity index (χ3v) is 3.01. The lowest BCUT2D eigenvalue weighted by Gasteiger charge is -2.12. The molecule has 0 amide bonds. The second kappa shape index (κ2) is 4.71. The topological polar surface area (TPSA) is 55.9 Å². The zero-order valence-corrected chi connectivity index (χ0v) is 10.7. The highest BCUT2D eigenvalue weighted by Gasteiger charge is 2.12. The smallest absolute Gasteiger partial charge is 0.133 e. The first-order valence-corrected chi connectivity index (χ1v) is 5.72. The van der Waals surface area contributed by atoms with Crippen LogP contribution < -0.4 is 5.32 Å². The van der Waals surface area contributed by atoms with Gasteiger partial charge < -0.3 is 9.84 Å². The van der Waals surface area contributed by atoms with Crippen molar-refractivity contribution >= 4 is 0 Å². The molecule has 0 radical (unpaired) electrons. The van der Waals surface area contributed by atoms with Crippen LogP contribution in [0.1, 0.15) is 35.7 Å². The number of aromatic nitrogens is 3. The summed E-state index contributed by atoms with van der Waals surface area (Å²) in [6.45, 7) is 6.79. The minimum Gasteiger partial charge on any atom is -0.361 e. The summed E-state index contributed by atoms with van der Waals surface area (Å²) < 4.78 is 6.91. The van der Waals surface area contributed by atoms with Crippen LogP contribution in [0, 0.1) is 13.8 Å². The Morgan fingerprint density at radius 2 is 2.24 bits per heavy atom. The van der Waals surface area contributed by atoms with Crippen molar-refractivity contribution in [1.29, 1.82) is 0 Å². The van der Waals surface area contributed by atoms with Gasteiger partial charge in [0.15, 0.2) is 0 Å². The summed E-state index contributed by atoms with van der Waals surface area (Å²) in [6, 6.07) is 2.19. The molecule has 0 saturated carbocycles. The quantitative estimate of drug-likeness (QED) is 0.877. The summed E-state index contributed by atoms with van der Waals surface area (Å²) in [5.41, 5.74) is 3.32. The first kappa shape index (κ1) is 11.9. The highest BCUT2D eigenvalue weighted by molar-refractivity contribution is 5.19. The molecule has 92 valence electrons. The molecule has 5 heteroatoms. The van der Waals surface area contributed by atoms with Crippen LogP contribution in [0.5, 0.6) is 0 Å². The molecule has 0 aliphatic carbocycles. The second-order valence-corrected chi connectivity index (χ2v) is 4.34. The van der Waals surface area contributed by atoms with E-state index >= 15 is 0 Å². The van der Waals surface area contributed by atoms with Gasteiger partial charge in [-0.15, -0.1) is 0 Å². The van der Waals surface area contributed by atoms with Crippen LogP contribution in [-0.4, -0.2) is 14.9 Å². The Hall–Kier alpha value is -1.62. The second-order valence-electron chi connectivity index (χ2n) is 4.34. The van der Waals surface area contributed by atoms with E-state index in [-0.39, 0.29) is 6.04 Å². The highest BCUT2D eigenvalue weighted by atomic mass is 16.5. The lowest BCUT2D eigenvalue weighted by Crippen LogP contribution is -2.18. The first-order chi connectivity index (χ1) is 8.08. The van der Waals surface area contributed by atoms with Crippen LogP contribution in [0.3, 0.4) is 0 Å². The Kier molecular flexibility index (Phi) is 3.28. The molecule has 1 atom stereocenters. The van der Waals surface area contributed by atoms with Crippen molar-refractivity contribution in [3.05, 3.63) is 35.0 Å². The van der Waals surface area contributed by atoms with Crippen LogP contribution >= 0.6 is 0 Å². The normalized spacial score (nSPS) is 12.9. The minimum atomic E-state index is 0.251. The van der Waals surface area contributed by atoms with E-state index in [1.807, 2.05) is 30.9 Å². The third kappa shape index (κ3) is 2.55. The molecule has 17 heavy (non-hydrogen) atoms. The molecule has 0 aliphatic rings. The number of rotatable bonds is 4. The van der Waals surface area contributed by atoms with Crippen LogP contribution in [0.15, 0.2) is 16.8 Å². The summed E-state index contributed by atoms with van der Waals surface area (Å²) in [6.07, 6.45) is 1.90. The van der Waals surface area contributed by atoms with Crippen molar-refractivity contribution in [1.82, 2.24) is 20.3 Å². The molecule has 1 N–H and O–H groups in total. The number of hydrogen-bond acceptors (Lipinski definition) is 4. The standard InChI is InChI=1S/C12H18N4O/c1-8-5-11(15-17-8)6-13-9(2)12-7-14-16(4)10(12)3/h5,7,9,13H,6H2,1-4H3/t9-/m0/s1. The summed E-state index contributed by atoms with van der Waals surface area (Å²) in [4.78, 5) is 0. The zero-order chi connectivity index (χ0) is 12.4. The van der Waals surface area contributed by atoms with E-state index in [0.29, 0.717) is 6.54 Å². The minimum absolute atomic E-state index is 0.251. The summed E-state index contributed by atoms with van der Waals surface area (Å²) >= 11 is 0. The van der Waals surface area contributed by atoms with Gasteiger partial charge in [-0.1, -0.05) is 5.16 Å². The highest BCUT2D eigenvalue weighted by Crippen LogP contribution is 2.16. The molecule has 2 aromatic rings. The third-order valence-electron chi connectivity index (χ3n) is 3.01. The Morgan fingerprint density at radius 3 is 2.76 bits per heavy atom. The van der Waals surface area contributed by atoms with Gasteiger partial charge >= 0.3 is 0 Å². The molecular formula is C12H18N4O. The van der Waals surface area contributed by atoms with Gasteiger partial charge in [0.2, 0.25) is 0 Å². The molecule has 2 aromatic heterocycles.